The summed E-state index contributed by atoms with van der Waals surface area (Å²) in [5.41, 5.74) is 0. The average molecular weight is 371 g/mol. The molecular weight excluding hydrogens is 324 g/mol. The fourth-order valence-electron chi connectivity index (χ4n) is 3.38. The Labute approximate surface area is 163 Å². The molecule has 0 amide bonds. The number of unbranched alkanes of at least 4 members (excludes halogenated alkanes) is 15. The van der Waals surface area contributed by atoms with E-state index < -0.39 is 12.1 Å². The van der Waals surface area contributed by atoms with E-state index in [2.05, 4.69) is 13.8 Å². The van der Waals surface area contributed by atoms with Gasteiger partial charge in [0.1, 0.15) is 0 Å². The molecule has 0 aromatic carbocycles. The van der Waals surface area contributed by atoms with Crippen molar-refractivity contribution in [1.82, 2.24) is 0 Å². The van der Waals surface area contributed by atoms with Gasteiger partial charge in [-0.25, -0.2) is 4.79 Å². The van der Waals surface area contributed by atoms with Gasteiger partial charge in [0.15, 0.2) is 6.10 Å². The summed E-state index contributed by atoms with van der Waals surface area (Å²) < 4.78 is 5.52. The largest absolute Gasteiger partial charge is 0.479 e. The number of rotatable bonds is 21. The lowest BCUT2D eigenvalue weighted by Crippen LogP contribution is -2.24. The summed E-state index contributed by atoms with van der Waals surface area (Å²) in [4.78, 5) is 11.2. The van der Waals surface area contributed by atoms with E-state index in [0.717, 1.165) is 32.1 Å². The molecule has 0 aliphatic carbocycles. The number of hydrogen-bond donors (Lipinski definition) is 1. The van der Waals surface area contributed by atoms with E-state index in [1.165, 1.54) is 77.0 Å². The Kier molecular flexibility index (Phi) is 20.3. The lowest BCUT2D eigenvalue weighted by Gasteiger charge is -2.13. The standard InChI is InChI=1S/C23H46O3/c1-3-5-7-8-9-10-11-12-13-14-15-16-17-18-20-22(23(24)25)26-21-19-6-4-2/h22H,3-21H2,1-2H3,(H,24,25). The zero-order chi connectivity index (χ0) is 19.3. The van der Waals surface area contributed by atoms with Crippen LogP contribution in [0.25, 0.3) is 0 Å². The van der Waals surface area contributed by atoms with Gasteiger partial charge in [0.2, 0.25) is 0 Å². The molecule has 0 fully saturated rings. The van der Waals surface area contributed by atoms with E-state index in [1.807, 2.05) is 0 Å². The summed E-state index contributed by atoms with van der Waals surface area (Å²) in [6, 6.07) is 0. The summed E-state index contributed by atoms with van der Waals surface area (Å²) in [7, 11) is 0. The zero-order valence-electron chi connectivity index (χ0n) is 17.8. The first-order valence-electron chi connectivity index (χ1n) is 11.6. The minimum absolute atomic E-state index is 0.587. The van der Waals surface area contributed by atoms with Crippen LogP contribution in [0, 0.1) is 0 Å². The van der Waals surface area contributed by atoms with Crippen molar-refractivity contribution < 1.29 is 14.6 Å². The smallest absolute Gasteiger partial charge is 0.332 e. The highest BCUT2D eigenvalue weighted by atomic mass is 16.5. The minimum Gasteiger partial charge on any atom is -0.479 e. The highest BCUT2D eigenvalue weighted by molar-refractivity contribution is 5.72. The quantitative estimate of drug-likeness (QED) is 0.212. The third-order valence-electron chi connectivity index (χ3n) is 5.16. The molecule has 26 heavy (non-hydrogen) atoms. The van der Waals surface area contributed by atoms with Crippen LogP contribution in [0.2, 0.25) is 0 Å². The molecule has 1 atom stereocenters. The van der Waals surface area contributed by atoms with Crippen LogP contribution in [-0.2, 0) is 9.53 Å². The van der Waals surface area contributed by atoms with Gasteiger partial charge < -0.3 is 9.84 Å². The van der Waals surface area contributed by atoms with Gasteiger partial charge in [-0.2, -0.15) is 0 Å². The van der Waals surface area contributed by atoms with Crippen LogP contribution in [-0.4, -0.2) is 23.8 Å². The number of carboxylic acids is 1. The van der Waals surface area contributed by atoms with E-state index in [0.29, 0.717) is 13.0 Å². The first-order chi connectivity index (χ1) is 12.7. The summed E-state index contributed by atoms with van der Waals surface area (Å²) in [5, 5.41) is 9.21. The number of hydrogen-bond acceptors (Lipinski definition) is 2. The van der Waals surface area contributed by atoms with Gasteiger partial charge in [-0.1, -0.05) is 117 Å². The lowest BCUT2D eigenvalue weighted by molar-refractivity contribution is -0.151. The topological polar surface area (TPSA) is 46.5 Å². The predicted octanol–water partition coefficient (Wildman–Crippen LogP) is 7.52. The highest BCUT2D eigenvalue weighted by Gasteiger charge is 2.16. The third kappa shape index (κ3) is 18.2. The third-order valence-corrected chi connectivity index (χ3v) is 5.16. The monoisotopic (exact) mass is 370 g/mol. The second-order valence-electron chi connectivity index (χ2n) is 7.79. The second kappa shape index (κ2) is 20.7. The summed E-state index contributed by atoms with van der Waals surface area (Å²) in [5.74, 6) is -0.795. The van der Waals surface area contributed by atoms with Crippen LogP contribution in [0.3, 0.4) is 0 Å². The average Bonchev–Trinajstić information content (AvgIpc) is 2.63. The van der Waals surface area contributed by atoms with Crippen molar-refractivity contribution in [3.8, 4) is 0 Å². The fourth-order valence-corrected chi connectivity index (χ4v) is 3.38. The number of aliphatic carboxylic acids is 1. The highest BCUT2D eigenvalue weighted by Crippen LogP contribution is 2.14. The van der Waals surface area contributed by atoms with Crippen LogP contribution >= 0.6 is 0 Å². The lowest BCUT2D eigenvalue weighted by atomic mass is 10.0. The molecule has 0 radical (unpaired) electrons. The van der Waals surface area contributed by atoms with Crippen LogP contribution in [0.4, 0.5) is 0 Å². The first kappa shape index (κ1) is 25.4. The SMILES string of the molecule is CCCCCCCCCCCCCCCCC(OCCCCC)C(=O)O. The van der Waals surface area contributed by atoms with Crippen molar-refractivity contribution in [2.75, 3.05) is 6.61 Å². The van der Waals surface area contributed by atoms with Crippen molar-refractivity contribution in [3.63, 3.8) is 0 Å². The van der Waals surface area contributed by atoms with Gasteiger partial charge in [-0.05, 0) is 12.8 Å². The molecule has 1 N–H and O–H groups in total. The molecule has 3 nitrogen and oxygen atoms in total. The van der Waals surface area contributed by atoms with E-state index in [9.17, 15) is 9.90 Å². The van der Waals surface area contributed by atoms with Crippen molar-refractivity contribution in [2.45, 2.75) is 136 Å². The molecule has 0 aromatic rings. The molecule has 0 aliphatic heterocycles. The Bertz CT molecular complexity index is 291. The van der Waals surface area contributed by atoms with Crippen molar-refractivity contribution >= 4 is 5.97 Å². The molecule has 156 valence electrons. The molecule has 0 saturated heterocycles. The van der Waals surface area contributed by atoms with E-state index in [1.54, 1.807) is 0 Å². The summed E-state index contributed by atoms with van der Waals surface area (Å²) in [6.45, 7) is 5.00. The predicted molar refractivity (Wildman–Crippen MR) is 112 cm³/mol. The molecule has 0 bridgehead atoms. The Morgan fingerprint density at radius 2 is 1.04 bits per heavy atom. The maximum atomic E-state index is 11.2. The van der Waals surface area contributed by atoms with Crippen LogP contribution < -0.4 is 0 Å². The van der Waals surface area contributed by atoms with Crippen LogP contribution in [0.5, 0.6) is 0 Å². The van der Waals surface area contributed by atoms with Crippen molar-refractivity contribution in [1.29, 1.82) is 0 Å². The molecule has 0 aromatic heterocycles. The minimum atomic E-state index is -0.795. The fraction of sp³-hybridized carbons (Fsp3) is 0.957. The molecule has 0 heterocycles. The number of carboxylic acid groups (broad SMARTS) is 1. The molecular formula is C23H46O3. The van der Waals surface area contributed by atoms with Gasteiger partial charge >= 0.3 is 5.97 Å². The van der Waals surface area contributed by atoms with Gasteiger partial charge in [0, 0.05) is 6.61 Å². The van der Waals surface area contributed by atoms with E-state index in [4.69, 9.17) is 4.74 Å². The summed E-state index contributed by atoms with van der Waals surface area (Å²) >= 11 is 0. The van der Waals surface area contributed by atoms with Crippen LogP contribution in [0.1, 0.15) is 129 Å². The van der Waals surface area contributed by atoms with E-state index >= 15 is 0 Å². The number of ether oxygens (including phenoxy) is 1. The van der Waals surface area contributed by atoms with Gasteiger partial charge in [-0.15, -0.1) is 0 Å². The summed E-state index contributed by atoms with van der Waals surface area (Å²) in [6.07, 6.45) is 21.9. The Hall–Kier alpha value is -0.570. The zero-order valence-corrected chi connectivity index (χ0v) is 17.8. The molecule has 1 unspecified atom stereocenters. The van der Waals surface area contributed by atoms with Gasteiger partial charge in [-0.3, -0.25) is 0 Å². The molecule has 0 aliphatic rings. The second-order valence-corrected chi connectivity index (χ2v) is 7.79. The normalized spacial score (nSPS) is 12.4. The van der Waals surface area contributed by atoms with Crippen molar-refractivity contribution in [2.24, 2.45) is 0 Å². The van der Waals surface area contributed by atoms with E-state index in [-0.39, 0.29) is 0 Å². The van der Waals surface area contributed by atoms with Crippen LogP contribution in [0.15, 0.2) is 0 Å². The molecule has 3 heteroatoms. The van der Waals surface area contributed by atoms with Gasteiger partial charge in [0.05, 0.1) is 0 Å². The van der Waals surface area contributed by atoms with Gasteiger partial charge in [0.25, 0.3) is 0 Å². The number of carbonyl (C=O) groups is 1. The maximum absolute atomic E-state index is 11.2. The Balaban J connectivity index is 3.33. The first-order valence-corrected chi connectivity index (χ1v) is 11.6. The Morgan fingerprint density at radius 3 is 1.46 bits per heavy atom. The molecule has 0 spiro atoms. The Morgan fingerprint density at radius 1 is 0.654 bits per heavy atom. The van der Waals surface area contributed by atoms with Crippen molar-refractivity contribution in [3.05, 3.63) is 0 Å². The molecule has 0 saturated carbocycles. The molecule has 0 rings (SSSR count). The maximum Gasteiger partial charge on any atom is 0.332 e.